The van der Waals surface area contributed by atoms with Gasteiger partial charge < -0.3 is 9.22 Å². The predicted octanol–water partition coefficient (Wildman–Crippen LogP) is 2.42. The molecule has 0 fully saturated rings. The van der Waals surface area contributed by atoms with Crippen LogP contribution in [0.5, 0.6) is 0 Å². The number of rotatable bonds is 7. The number of carbonyl (C=O) groups excluding carboxylic acids is 1. The van der Waals surface area contributed by atoms with E-state index < -0.39 is 0 Å². The number of nitrogens with zero attached hydrogens (tertiary/aromatic N) is 1. The largest absolute Gasteiger partial charge is 0.457 e. The molecule has 0 heterocycles. The van der Waals surface area contributed by atoms with Gasteiger partial charge in [0.15, 0.2) is 0 Å². The molecule has 0 N–H and O–H groups in total. The summed E-state index contributed by atoms with van der Waals surface area (Å²) >= 11 is 0. The van der Waals surface area contributed by atoms with Gasteiger partial charge in [-0.05, 0) is 12.5 Å². The summed E-state index contributed by atoms with van der Waals surface area (Å²) in [5, 5.41) is 0. The molecule has 0 aromatic heterocycles. The van der Waals surface area contributed by atoms with Gasteiger partial charge in [0.1, 0.15) is 13.2 Å². The molecule has 0 radical (unpaired) electrons. The van der Waals surface area contributed by atoms with E-state index in [1.165, 1.54) is 11.6 Å². The molecule has 104 valence electrons. The molecule has 0 amide bonds. The quantitative estimate of drug-likeness (QED) is 0.428. The van der Waals surface area contributed by atoms with E-state index in [0.717, 1.165) is 17.4 Å². The first kappa shape index (κ1) is 15.4. The molecule has 3 heteroatoms. The number of benzene rings is 1. The van der Waals surface area contributed by atoms with E-state index in [2.05, 4.69) is 51.9 Å². The van der Waals surface area contributed by atoms with Crippen LogP contribution < -0.4 is 0 Å². The van der Waals surface area contributed by atoms with Crippen LogP contribution in [0.4, 0.5) is 0 Å². The Morgan fingerprint density at radius 2 is 2.00 bits per heavy atom. The fourth-order valence-corrected chi connectivity index (χ4v) is 1.86. The summed E-state index contributed by atoms with van der Waals surface area (Å²) in [4.78, 5) is 11.0. The molecule has 0 aliphatic heterocycles. The van der Waals surface area contributed by atoms with E-state index in [1.54, 1.807) is 0 Å². The SMILES string of the molecule is C=CC(=O)OCC[N+](C)(C)C(C)Cc1ccccc1. The van der Waals surface area contributed by atoms with Crippen molar-refractivity contribution in [2.24, 2.45) is 0 Å². The standard InChI is InChI=1S/C16H24NO2/c1-5-16(18)19-12-11-17(3,4)14(2)13-15-9-7-6-8-10-15/h5-10,14H,1,11-13H2,2-4H3/q+1. The van der Waals surface area contributed by atoms with Crippen LogP contribution in [0.1, 0.15) is 12.5 Å². The molecule has 0 aliphatic carbocycles. The summed E-state index contributed by atoms with van der Waals surface area (Å²) < 4.78 is 5.87. The summed E-state index contributed by atoms with van der Waals surface area (Å²) in [6, 6.07) is 10.9. The van der Waals surface area contributed by atoms with E-state index in [4.69, 9.17) is 4.74 Å². The molecule has 0 spiro atoms. The average molecular weight is 262 g/mol. The van der Waals surface area contributed by atoms with Gasteiger partial charge in [-0.2, -0.15) is 0 Å². The molecule has 1 aromatic rings. The number of ether oxygens (including phenoxy) is 1. The van der Waals surface area contributed by atoms with E-state index in [9.17, 15) is 4.79 Å². The number of esters is 1. The van der Waals surface area contributed by atoms with Gasteiger partial charge in [-0.25, -0.2) is 4.79 Å². The normalized spacial score (nSPS) is 12.8. The number of quaternary nitrogens is 1. The average Bonchev–Trinajstić information content (AvgIpc) is 2.39. The maximum atomic E-state index is 11.0. The van der Waals surface area contributed by atoms with E-state index in [-0.39, 0.29) is 5.97 Å². The van der Waals surface area contributed by atoms with Gasteiger partial charge in [-0.15, -0.1) is 0 Å². The Morgan fingerprint density at radius 1 is 1.37 bits per heavy atom. The zero-order chi connectivity index (χ0) is 14.3. The van der Waals surface area contributed by atoms with Gasteiger partial charge in [-0.3, -0.25) is 0 Å². The Balaban J connectivity index is 2.47. The first-order valence-corrected chi connectivity index (χ1v) is 6.61. The van der Waals surface area contributed by atoms with Crippen molar-refractivity contribution in [1.82, 2.24) is 0 Å². The Kier molecular flexibility index (Phi) is 5.77. The molecule has 3 nitrogen and oxygen atoms in total. The minimum absolute atomic E-state index is 0.351. The first-order valence-electron chi connectivity index (χ1n) is 6.61. The molecule has 0 bridgehead atoms. The van der Waals surface area contributed by atoms with Crippen molar-refractivity contribution < 1.29 is 14.0 Å². The van der Waals surface area contributed by atoms with Gasteiger partial charge in [0.05, 0.1) is 20.1 Å². The van der Waals surface area contributed by atoms with Gasteiger partial charge in [0, 0.05) is 12.5 Å². The fraction of sp³-hybridized carbons (Fsp3) is 0.438. The lowest BCUT2D eigenvalue weighted by Gasteiger charge is -2.36. The van der Waals surface area contributed by atoms with Gasteiger partial charge in [-0.1, -0.05) is 36.9 Å². The van der Waals surface area contributed by atoms with Crippen molar-refractivity contribution >= 4 is 5.97 Å². The first-order chi connectivity index (χ1) is 8.95. The zero-order valence-corrected chi connectivity index (χ0v) is 12.1. The Labute approximate surface area is 116 Å². The van der Waals surface area contributed by atoms with Gasteiger partial charge in [0.2, 0.25) is 0 Å². The summed E-state index contributed by atoms with van der Waals surface area (Å²) in [5.41, 5.74) is 1.34. The smallest absolute Gasteiger partial charge is 0.330 e. The van der Waals surface area contributed by atoms with Crippen molar-refractivity contribution in [3.63, 3.8) is 0 Å². The maximum Gasteiger partial charge on any atom is 0.330 e. The molecule has 1 unspecified atom stereocenters. The predicted molar refractivity (Wildman–Crippen MR) is 77.7 cm³/mol. The minimum Gasteiger partial charge on any atom is -0.457 e. The van der Waals surface area contributed by atoms with E-state index in [0.29, 0.717) is 12.6 Å². The van der Waals surface area contributed by atoms with Crippen molar-refractivity contribution in [3.8, 4) is 0 Å². The van der Waals surface area contributed by atoms with E-state index >= 15 is 0 Å². The number of hydrogen-bond acceptors (Lipinski definition) is 2. The lowest BCUT2D eigenvalue weighted by Crippen LogP contribution is -2.50. The van der Waals surface area contributed by atoms with Crippen molar-refractivity contribution in [3.05, 3.63) is 48.6 Å². The highest BCUT2D eigenvalue weighted by atomic mass is 16.5. The summed E-state index contributed by atoms with van der Waals surface area (Å²) in [5.74, 6) is -0.351. The molecule has 1 atom stereocenters. The van der Waals surface area contributed by atoms with Crippen LogP contribution in [0, 0.1) is 0 Å². The van der Waals surface area contributed by atoms with Crippen molar-refractivity contribution in [2.45, 2.75) is 19.4 Å². The molecule has 19 heavy (non-hydrogen) atoms. The molecular formula is C16H24NO2+. The Morgan fingerprint density at radius 3 is 2.58 bits per heavy atom. The summed E-state index contributed by atoms with van der Waals surface area (Å²) in [6.45, 7) is 6.84. The summed E-state index contributed by atoms with van der Waals surface area (Å²) in [6.07, 6.45) is 2.22. The monoisotopic (exact) mass is 262 g/mol. The van der Waals surface area contributed by atoms with Crippen LogP contribution in [0.3, 0.4) is 0 Å². The van der Waals surface area contributed by atoms with Crippen LogP contribution in [-0.2, 0) is 16.0 Å². The summed E-state index contributed by atoms with van der Waals surface area (Å²) in [7, 11) is 4.32. The van der Waals surface area contributed by atoms with Crippen LogP contribution in [0.15, 0.2) is 43.0 Å². The number of hydrogen-bond donors (Lipinski definition) is 0. The third kappa shape index (κ3) is 5.26. The third-order valence-corrected chi connectivity index (χ3v) is 3.65. The van der Waals surface area contributed by atoms with Gasteiger partial charge >= 0.3 is 5.97 Å². The molecule has 0 aliphatic rings. The molecular weight excluding hydrogens is 238 g/mol. The van der Waals surface area contributed by atoms with E-state index in [1.807, 2.05) is 6.07 Å². The van der Waals surface area contributed by atoms with Crippen LogP contribution in [0.2, 0.25) is 0 Å². The Bertz CT molecular complexity index is 412. The number of carbonyl (C=O) groups is 1. The van der Waals surface area contributed by atoms with Gasteiger partial charge in [0.25, 0.3) is 0 Å². The molecule has 0 saturated heterocycles. The van der Waals surface area contributed by atoms with Crippen LogP contribution >= 0.6 is 0 Å². The lowest BCUT2D eigenvalue weighted by molar-refractivity contribution is -0.913. The Hall–Kier alpha value is -1.61. The second-order valence-corrected chi connectivity index (χ2v) is 5.41. The zero-order valence-electron chi connectivity index (χ0n) is 12.1. The fourth-order valence-electron chi connectivity index (χ4n) is 1.86. The third-order valence-electron chi connectivity index (χ3n) is 3.65. The second-order valence-electron chi connectivity index (χ2n) is 5.41. The highest BCUT2D eigenvalue weighted by Gasteiger charge is 2.24. The molecule has 1 aromatic carbocycles. The number of likely N-dealkylation sites (N-methyl/N-ethyl adjacent to an activating group) is 1. The second kappa shape index (κ2) is 7.10. The van der Waals surface area contributed by atoms with Crippen molar-refractivity contribution in [2.75, 3.05) is 27.2 Å². The lowest BCUT2D eigenvalue weighted by atomic mass is 10.1. The topological polar surface area (TPSA) is 26.3 Å². The van der Waals surface area contributed by atoms with Crippen LogP contribution in [-0.4, -0.2) is 43.7 Å². The molecule has 0 saturated carbocycles. The maximum absolute atomic E-state index is 11.0. The van der Waals surface area contributed by atoms with Crippen LogP contribution in [0.25, 0.3) is 0 Å². The minimum atomic E-state index is -0.351. The highest BCUT2D eigenvalue weighted by molar-refractivity contribution is 5.81. The molecule has 1 rings (SSSR count). The van der Waals surface area contributed by atoms with Crippen molar-refractivity contribution in [1.29, 1.82) is 0 Å². The highest BCUT2D eigenvalue weighted by Crippen LogP contribution is 2.12.